The third-order valence-electron chi connectivity index (χ3n) is 6.37. The van der Waals surface area contributed by atoms with Gasteiger partial charge in [0.25, 0.3) is 5.91 Å². The van der Waals surface area contributed by atoms with Gasteiger partial charge in [-0.25, -0.2) is 4.79 Å². The normalized spacial score (nSPS) is 16.4. The standard InChI is InChI=1S/C24H27N3O4/c1-14-21(10-9-19-18-5-4-6-20(18)24(29)31-22(14)19)30-15(2)23(28)27(17-7-8-17)13-16-11-25-26(3)12-16/h9-12,15,17H,4-8,13H2,1-3H3. The topological polar surface area (TPSA) is 77.6 Å². The Morgan fingerprint density at radius 1 is 1.32 bits per heavy atom. The highest BCUT2D eigenvalue weighted by molar-refractivity contribution is 5.87. The first-order valence-corrected chi connectivity index (χ1v) is 10.9. The molecule has 0 saturated heterocycles. The second kappa shape index (κ2) is 7.55. The van der Waals surface area contributed by atoms with Crippen molar-refractivity contribution in [2.75, 3.05) is 0 Å². The molecule has 5 rings (SSSR count). The monoisotopic (exact) mass is 421 g/mol. The van der Waals surface area contributed by atoms with Crippen molar-refractivity contribution in [2.24, 2.45) is 7.05 Å². The van der Waals surface area contributed by atoms with Crippen LogP contribution in [0.15, 0.2) is 33.7 Å². The van der Waals surface area contributed by atoms with Gasteiger partial charge in [0.1, 0.15) is 11.3 Å². The van der Waals surface area contributed by atoms with Crippen LogP contribution in [-0.2, 0) is 31.2 Å². The minimum Gasteiger partial charge on any atom is -0.480 e. The zero-order chi connectivity index (χ0) is 21.7. The lowest BCUT2D eigenvalue weighted by Crippen LogP contribution is -2.41. The van der Waals surface area contributed by atoms with Gasteiger partial charge in [0.15, 0.2) is 6.10 Å². The summed E-state index contributed by atoms with van der Waals surface area (Å²) in [4.78, 5) is 27.5. The van der Waals surface area contributed by atoms with E-state index in [1.807, 2.05) is 37.2 Å². The van der Waals surface area contributed by atoms with Gasteiger partial charge in [0, 0.05) is 47.9 Å². The molecule has 2 aromatic heterocycles. The Morgan fingerprint density at radius 3 is 2.81 bits per heavy atom. The number of hydrogen-bond acceptors (Lipinski definition) is 5. The summed E-state index contributed by atoms with van der Waals surface area (Å²) in [5.41, 5.74) is 3.99. The summed E-state index contributed by atoms with van der Waals surface area (Å²) in [5.74, 6) is 0.535. The second-order valence-electron chi connectivity index (χ2n) is 8.75. The molecule has 1 atom stereocenters. The summed E-state index contributed by atoms with van der Waals surface area (Å²) >= 11 is 0. The number of aryl methyl sites for hydroxylation is 3. The Morgan fingerprint density at radius 2 is 2.10 bits per heavy atom. The number of carbonyl (C=O) groups is 1. The maximum atomic E-state index is 13.2. The fraction of sp³-hybridized carbons (Fsp3) is 0.458. The summed E-state index contributed by atoms with van der Waals surface area (Å²) in [7, 11) is 1.87. The highest BCUT2D eigenvalue weighted by atomic mass is 16.5. The molecule has 7 nitrogen and oxygen atoms in total. The van der Waals surface area contributed by atoms with Crippen molar-refractivity contribution in [3.63, 3.8) is 0 Å². The lowest BCUT2D eigenvalue weighted by atomic mass is 10.0. The van der Waals surface area contributed by atoms with Crippen LogP contribution in [0.4, 0.5) is 0 Å². The van der Waals surface area contributed by atoms with E-state index in [0.29, 0.717) is 17.9 Å². The summed E-state index contributed by atoms with van der Waals surface area (Å²) < 4.78 is 13.5. The third-order valence-corrected chi connectivity index (χ3v) is 6.37. The maximum absolute atomic E-state index is 13.2. The van der Waals surface area contributed by atoms with E-state index < -0.39 is 6.10 Å². The highest BCUT2D eigenvalue weighted by Crippen LogP contribution is 2.34. The summed E-state index contributed by atoms with van der Waals surface area (Å²) in [6.45, 7) is 4.19. The molecule has 0 radical (unpaired) electrons. The predicted molar refractivity (Wildman–Crippen MR) is 116 cm³/mol. The van der Waals surface area contributed by atoms with Crippen molar-refractivity contribution < 1.29 is 13.9 Å². The van der Waals surface area contributed by atoms with E-state index in [1.54, 1.807) is 17.8 Å². The third kappa shape index (κ3) is 3.62. The molecule has 0 N–H and O–H groups in total. The van der Waals surface area contributed by atoms with Crippen LogP contribution in [0.5, 0.6) is 5.75 Å². The molecule has 7 heteroatoms. The number of benzene rings is 1. The molecule has 162 valence electrons. The van der Waals surface area contributed by atoms with Gasteiger partial charge in [-0.3, -0.25) is 9.48 Å². The lowest BCUT2D eigenvalue weighted by Gasteiger charge is -2.26. The van der Waals surface area contributed by atoms with Gasteiger partial charge in [-0.05, 0) is 63.6 Å². The number of amides is 1. The molecular weight excluding hydrogens is 394 g/mol. The molecule has 2 aliphatic carbocycles. The van der Waals surface area contributed by atoms with E-state index in [-0.39, 0.29) is 17.6 Å². The Kier molecular flexibility index (Phi) is 4.84. The molecule has 2 heterocycles. The number of rotatable bonds is 6. The van der Waals surface area contributed by atoms with E-state index in [0.717, 1.165) is 59.7 Å². The van der Waals surface area contributed by atoms with E-state index >= 15 is 0 Å². The first-order valence-electron chi connectivity index (χ1n) is 10.9. The van der Waals surface area contributed by atoms with Crippen molar-refractivity contribution in [2.45, 2.75) is 64.6 Å². The van der Waals surface area contributed by atoms with Crippen molar-refractivity contribution in [1.82, 2.24) is 14.7 Å². The predicted octanol–water partition coefficient (Wildman–Crippen LogP) is 3.28. The lowest BCUT2D eigenvalue weighted by molar-refractivity contribution is -0.139. The van der Waals surface area contributed by atoms with Gasteiger partial charge in [-0.1, -0.05) is 0 Å². The average Bonchev–Trinajstić information content (AvgIpc) is 3.30. The number of carbonyl (C=O) groups excluding carboxylic acids is 1. The van der Waals surface area contributed by atoms with Crippen molar-refractivity contribution in [1.29, 1.82) is 0 Å². The quantitative estimate of drug-likeness (QED) is 0.571. The summed E-state index contributed by atoms with van der Waals surface area (Å²) in [5, 5.41) is 5.18. The van der Waals surface area contributed by atoms with Crippen LogP contribution in [0, 0.1) is 6.92 Å². The number of hydrogen-bond donors (Lipinski definition) is 0. The summed E-state index contributed by atoms with van der Waals surface area (Å²) in [6, 6.07) is 4.11. The molecule has 31 heavy (non-hydrogen) atoms. The minimum absolute atomic E-state index is 0.0405. The first-order chi connectivity index (χ1) is 14.9. The number of aromatic nitrogens is 2. The minimum atomic E-state index is -0.644. The largest absolute Gasteiger partial charge is 0.480 e. The molecule has 1 aromatic carbocycles. The zero-order valence-corrected chi connectivity index (χ0v) is 18.2. The molecule has 1 fully saturated rings. The molecule has 0 bridgehead atoms. The van der Waals surface area contributed by atoms with E-state index in [2.05, 4.69) is 5.10 Å². The van der Waals surface area contributed by atoms with Crippen molar-refractivity contribution >= 4 is 16.9 Å². The van der Waals surface area contributed by atoms with Crippen LogP contribution in [0.25, 0.3) is 11.0 Å². The van der Waals surface area contributed by atoms with Gasteiger partial charge >= 0.3 is 5.63 Å². The van der Waals surface area contributed by atoms with Gasteiger partial charge in [-0.15, -0.1) is 0 Å². The molecular formula is C24H27N3O4. The highest BCUT2D eigenvalue weighted by Gasteiger charge is 2.35. The summed E-state index contributed by atoms with van der Waals surface area (Å²) in [6.07, 6.45) is 7.78. The van der Waals surface area contributed by atoms with Crippen LogP contribution in [0.3, 0.4) is 0 Å². The molecule has 1 amide bonds. The van der Waals surface area contributed by atoms with Gasteiger partial charge in [-0.2, -0.15) is 5.10 Å². The van der Waals surface area contributed by atoms with Crippen molar-refractivity contribution in [3.05, 3.63) is 57.2 Å². The fourth-order valence-corrected chi connectivity index (χ4v) is 4.59. The Hall–Kier alpha value is -3.09. The molecule has 2 aliphatic rings. The van der Waals surface area contributed by atoms with E-state index in [4.69, 9.17) is 9.15 Å². The zero-order valence-electron chi connectivity index (χ0n) is 18.2. The van der Waals surface area contributed by atoms with Gasteiger partial charge < -0.3 is 14.1 Å². The van der Waals surface area contributed by atoms with Gasteiger partial charge in [0.05, 0.1) is 6.20 Å². The van der Waals surface area contributed by atoms with E-state index in [1.165, 1.54) is 0 Å². The van der Waals surface area contributed by atoms with Gasteiger partial charge in [0.2, 0.25) is 0 Å². The smallest absolute Gasteiger partial charge is 0.339 e. The van der Waals surface area contributed by atoms with Crippen LogP contribution >= 0.6 is 0 Å². The SMILES string of the molecule is Cc1c(OC(C)C(=O)N(Cc2cnn(C)c2)C2CC2)ccc2c3c(c(=O)oc12)CCC3. The molecule has 0 aliphatic heterocycles. The van der Waals surface area contributed by atoms with Crippen LogP contribution in [-0.4, -0.2) is 32.7 Å². The molecule has 0 spiro atoms. The fourth-order valence-electron chi connectivity index (χ4n) is 4.59. The second-order valence-corrected chi connectivity index (χ2v) is 8.75. The van der Waals surface area contributed by atoms with E-state index in [9.17, 15) is 9.59 Å². The van der Waals surface area contributed by atoms with Crippen LogP contribution < -0.4 is 10.4 Å². The molecule has 1 saturated carbocycles. The maximum Gasteiger partial charge on any atom is 0.339 e. The average molecular weight is 421 g/mol. The molecule has 1 unspecified atom stereocenters. The Balaban J connectivity index is 1.39. The number of fused-ring (bicyclic) bond motifs is 3. The van der Waals surface area contributed by atoms with Crippen molar-refractivity contribution in [3.8, 4) is 5.75 Å². The van der Waals surface area contributed by atoms with Crippen LogP contribution in [0.2, 0.25) is 0 Å². The Labute approximate surface area is 180 Å². The number of ether oxygens (including phenoxy) is 1. The molecule has 3 aromatic rings. The Bertz CT molecular complexity index is 1220. The number of nitrogens with zero attached hydrogens (tertiary/aromatic N) is 3. The first kappa shape index (κ1) is 19.8. The van der Waals surface area contributed by atoms with Crippen LogP contribution in [0.1, 0.15) is 48.4 Å².